The molecule has 2 nitrogen and oxygen atoms in total. The van der Waals surface area contributed by atoms with Crippen LogP contribution in [0.2, 0.25) is 0 Å². The minimum Gasteiger partial charge on any atom is -0.379 e. The summed E-state index contributed by atoms with van der Waals surface area (Å²) in [5.74, 6) is 0. The molecule has 1 aliphatic heterocycles. The van der Waals surface area contributed by atoms with Crippen LogP contribution in [0.5, 0.6) is 0 Å². The number of aryl methyl sites for hydroxylation is 1. The van der Waals surface area contributed by atoms with Crippen molar-refractivity contribution >= 4 is 31.9 Å². The van der Waals surface area contributed by atoms with E-state index in [1.54, 1.807) is 0 Å². The SMILES string of the molecule is CCCNC1COCCc2c(Br)cc(C)c(Br)c21. The molecular weight excluding hydrogens is 358 g/mol. The first-order valence-electron chi connectivity index (χ1n) is 6.43. The third-order valence-electron chi connectivity index (χ3n) is 3.31. The van der Waals surface area contributed by atoms with E-state index in [1.165, 1.54) is 25.6 Å². The Bertz CT molecular complexity index is 434. The highest BCUT2D eigenvalue weighted by Crippen LogP contribution is 2.37. The summed E-state index contributed by atoms with van der Waals surface area (Å²) >= 11 is 7.44. The second-order valence-corrected chi connectivity index (χ2v) is 6.36. The van der Waals surface area contributed by atoms with Gasteiger partial charge in [-0.1, -0.05) is 38.8 Å². The van der Waals surface area contributed by atoms with E-state index in [-0.39, 0.29) is 6.04 Å². The van der Waals surface area contributed by atoms with E-state index < -0.39 is 0 Å². The van der Waals surface area contributed by atoms with Crippen LogP contribution in [-0.2, 0) is 11.2 Å². The van der Waals surface area contributed by atoms with Crippen LogP contribution in [0.1, 0.15) is 36.1 Å². The normalized spacial score (nSPS) is 19.4. The largest absolute Gasteiger partial charge is 0.379 e. The van der Waals surface area contributed by atoms with Crippen molar-refractivity contribution in [3.63, 3.8) is 0 Å². The molecule has 0 saturated carbocycles. The highest BCUT2D eigenvalue weighted by molar-refractivity contribution is 9.11. The molecule has 0 fully saturated rings. The van der Waals surface area contributed by atoms with Crippen LogP contribution >= 0.6 is 31.9 Å². The summed E-state index contributed by atoms with van der Waals surface area (Å²) in [4.78, 5) is 0. The second kappa shape index (κ2) is 6.51. The van der Waals surface area contributed by atoms with Gasteiger partial charge in [0.25, 0.3) is 0 Å². The van der Waals surface area contributed by atoms with Gasteiger partial charge in [-0.2, -0.15) is 0 Å². The number of fused-ring (bicyclic) bond motifs is 1. The van der Waals surface area contributed by atoms with Crippen LogP contribution < -0.4 is 5.32 Å². The Balaban J connectivity index is 2.44. The average Bonchev–Trinajstić information content (AvgIpc) is 2.56. The lowest BCUT2D eigenvalue weighted by Crippen LogP contribution is -2.26. The zero-order valence-corrected chi connectivity index (χ0v) is 14.0. The predicted molar refractivity (Wildman–Crippen MR) is 82.1 cm³/mol. The van der Waals surface area contributed by atoms with Gasteiger partial charge in [0.15, 0.2) is 0 Å². The number of halogens is 2. The van der Waals surface area contributed by atoms with Gasteiger partial charge in [0, 0.05) is 8.95 Å². The fraction of sp³-hybridized carbons (Fsp3) is 0.571. The maximum atomic E-state index is 5.73. The Labute approximate surface area is 126 Å². The monoisotopic (exact) mass is 375 g/mol. The van der Waals surface area contributed by atoms with Gasteiger partial charge in [-0.3, -0.25) is 0 Å². The molecule has 0 spiro atoms. The third-order valence-corrected chi connectivity index (χ3v) is 5.07. The lowest BCUT2D eigenvalue weighted by molar-refractivity contribution is 0.121. The van der Waals surface area contributed by atoms with Crippen LogP contribution in [0.25, 0.3) is 0 Å². The summed E-state index contributed by atoms with van der Waals surface area (Å²) in [6, 6.07) is 2.47. The molecule has 0 aromatic heterocycles. The van der Waals surface area contributed by atoms with Crippen molar-refractivity contribution < 1.29 is 4.74 Å². The van der Waals surface area contributed by atoms with E-state index in [9.17, 15) is 0 Å². The first kappa shape index (κ1) is 14.5. The molecule has 1 aromatic carbocycles. The van der Waals surface area contributed by atoms with Gasteiger partial charge < -0.3 is 10.1 Å². The first-order chi connectivity index (χ1) is 8.65. The van der Waals surface area contributed by atoms with Gasteiger partial charge in [0.1, 0.15) is 0 Å². The average molecular weight is 377 g/mol. The summed E-state index contributed by atoms with van der Waals surface area (Å²) < 4.78 is 8.16. The summed E-state index contributed by atoms with van der Waals surface area (Å²) in [5.41, 5.74) is 4.01. The van der Waals surface area contributed by atoms with Gasteiger partial charge in [-0.25, -0.2) is 0 Å². The molecule has 1 atom stereocenters. The molecule has 100 valence electrons. The lowest BCUT2D eigenvalue weighted by Gasteiger charge is -2.22. The van der Waals surface area contributed by atoms with Crippen LogP contribution in [0.4, 0.5) is 0 Å². The van der Waals surface area contributed by atoms with Gasteiger partial charge in [-0.05, 0) is 49.1 Å². The first-order valence-corrected chi connectivity index (χ1v) is 8.02. The minimum absolute atomic E-state index is 0.285. The summed E-state index contributed by atoms with van der Waals surface area (Å²) in [7, 11) is 0. The summed E-state index contributed by atoms with van der Waals surface area (Å²) in [6.07, 6.45) is 2.11. The molecule has 1 aliphatic rings. The van der Waals surface area contributed by atoms with Crippen LogP contribution in [-0.4, -0.2) is 19.8 Å². The highest BCUT2D eigenvalue weighted by Gasteiger charge is 2.24. The number of hydrogen-bond acceptors (Lipinski definition) is 2. The molecule has 1 heterocycles. The van der Waals surface area contributed by atoms with Gasteiger partial charge in [0.2, 0.25) is 0 Å². The highest BCUT2D eigenvalue weighted by atomic mass is 79.9. The van der Waals surface area contributed by atoms with E-state index in [2.05, 4.69) is 57.1 Å². The van der Waals surface area contributed by atoms with Crippen LogP contribution in [0.15, 0.2) is 15.0 Å². The summed E-state index contributed by atoms with van der Waals surface area (Å²) in [5, 5.41) is 3.59. The smallest absolute Gasteiger partial charge is 0.0662 e. The predicted octanol–water partition coefficient (Wildman–Crippen LogP) is 4.13. The Hall–Kier alpha value is 0.1000. The van der Waals surface area contributed by atoms with Crippen molar-refractivity contribution in [2.24, 2.45) is 0 Å². The maximum absolute atomic E-state index is 5.73. The van der Waals surface area contributed by atoms with Gasteiger partial charge in [0.05, 0.1) is 19.3 Å². The number of hydrogen-bond donors (Lipinski definition) is 1. The zero-order valence-electron chi connectivity index (χ0n) is 10.9. The fourth-order valence-electron chi connectivity index (χ4n) is 2.37. The molecule has 0 aliphatic carbocycles. The van der Waals surface area contributed by atoms with Crippen molar-refractivity contribution in [3.05, 3.63) is 31.7 Å². The quantitative estimate of drug-likeness (QED) is 0.856. The fourth-order valence-corrected chi connectivity index (χ4v) is 3.76. The van der Waals surface area contributed by atoms with Gasteiger partial charge >= 0.3 is 0 Å². The van der Waals surface area contributed by atoms with Crippen molar-refractivity contribution in [1.29, 1.82) is 0 Å². The molecule has 0 saturated heterocycles. The van der Waals surface area contributed by atoms with Crippen molar-refractivity contribution in [2.45, 2.75) is 32.7 Å². The molecule has 1 unspecified atom stereocenters. The number of rotatable bonds is 3. The van der Waals surface area contributed by atoms with E-state index in [0.717, 1.165) is 32.6 Å². The molecule has 1 aromatic rings. The minimum atomic E-state index is 0.285. The Kier molecular flexibility index (Phi) is 5.24. The molecule has 0 bridgehead atoms. The molecule has 2 rings (SSSR count). The van der Waals surface area contributed by atoms with Crippen LogP contribution in [0.3, 0.4) is 0 Å². The Morgan fingerprint density at radius 3 is 2.94 bits per heavy atom. The number of ether oxygens (including phenoxy) is 1. The Morgan fingerprint density at radius 1 is 1.44 bits per heavy atom. The van der Waals surface area contributed by atoms with E-state index in [4.69, 9.17) is 4.74 Å². The van der Waals surface area contributed by atoms with Gasteiger partial charge in [-0.15, -0.1) is 0 Å². The van der Waals surface area contributed by atoms with Crippen molar-refractivity contribution in [2.75, 3.05) is 19.8 Å². The van der Waals surface area contributed by atoms with Crippen molar-refractivity contribution in [1.82, 2.24) is 5.32 Å². The van der Waals surface area contributed by atoms with E-state index in [1.807, 2.05) is 0 Å². The maximum Gasteiger partial charge on any atom is 0.0662 e. The summed E-state index contributed by atoms with van der Waals surface area (Å²) in [6.45, 7) is 6.89. The standard InChI is InChI=1S/C14H19Br2NO/c1-3-5-17-12-8-18-6-4-10-11(15)7-9(2)14(16)13(10)12/h7,12,17H,3-6,8H2,1-2H3. The lowest BCUT2D eigenvalue weighted by atomic mass is 9.97. The van der Waals surface area contributed by atoms with E-state index >= 15 is 0 Å². The number of benzene rings is 1. The molecule has 18 heavy (non-hydrogen) atoms. The second-order valence-electron chi connectivity index (χ2n) is 4.71. The molecular formula is C14H19Br2NO. The molecule has 0 radical (unpaired) electrons. The van der Waals surface area contributed by atoms with Crippen LogP contribution in [0, 0.1) is 6.92 Å². The molecule has 0 amide bonds. The molecule has 4 heteroatoms. The zero-order chi connectivity index (χ0) is 13.1. The topological polar surface area (TPSA) is 21.3 Å². The van der Waals surface area contributed by atoms with E-state index in [0.29, 0.717) is 0 Å². The molecule has 1 N–H and O–H groups in total. The Morgan fingerprint density at radius 2 is 2.22 bits per heavy atom. The van der Waals surface area contributed by atoms with Crippen molar-refractivity contribution in [3.8, 4) is 0 Å². The number of nitrogens with one attached hydrogen (secondary N) is 1. The third kappa shape index (κ3) is 2.98.